The Morgan fingerprint density at radius 2 is 1.97 bits per heavy atom. The Bertz CT molecular complexity index is 1100. The molecule has 1 heterocycles. The molecule has 0 aliphatic heterocycles. The van der Waals surface area contributed by atoms with Crippen LogP contribution in [-0.4, -0.2) is 43.3 Å². The Balaban J connectivity index is 1.64. The summed E-state index contributed by atoms with van der Waals surface area (Å²) in [7, 11) is 0. The van der Waals surface area contributed by atoms with Crippen molar-refractivity contribution < 1.29 is 9.90 Å². The van der Waals surface area contributed by atoms with Crippen molar-refractivity contribution >= 4 is 39.8 Å². The van der Waals surface area contributed by atoms with Gasteiger partial charge in [0.15, 0.2) is 0 Å². The van der Waals surface area contributed by atoms with Crippen LogP contribution >= 0.6 is 23.5 Å². The number of nitrogens with zero attached hydrogens (tertiary/aromatic N) is 3. The second kappa shape index (κ2) is 12.7. The van der Waals surface area contributed by atoms with E-state index in [1.54, 1.807) is 13.8 Å². The lowest BCUT2D eigenvalue weighted by Crippen LogP contribution is -2.28. The highest BCUT2D eigenvalue weighted by Gasteiger charge is 2.29. The number of carbonyl (C=O) groups is 1. The number of benzene rings is 1. The van der Waals surface area contributed by atoms with E-state index in [0.717, 1.165) is 30.2 Å². The third kappa shape index (κ3) is 8.11. The van der Waals surface area contributed by atoms with Crippen LogP contribution in [0.15, 0.2) is 78.0 Å². The van der Waals surface area contributed by atoms with Gasteiger partial charge in [-0.3, -0.25) is 10.2 Å². The largest absolute Gasteiger partial charge is 0.480 e. The standard InChI is InChI=1S/C27H32N4O2S2/c1-4-20-17-29-26(30-18-20)31(15-8-16-34-25(28)35-27(2,3)24(32)33)19-21-11-13-23(14-12-21)22-9-6-5-7-10-22/h5-13,16-18,23,28H,4,14-15,19H2,1-3H3,(H,32,33)/b16-8+,28-25?. The van der Waals surface area contributed by atoms with E-state index in [4.69, 9.17) is 5.41 Å². The topological polar surface area (TPSA) is 90.2 Å². The maximum atomic E-state index is 11.3. The van der Waals surface area contributed by atoms with Crippen LogP contribution in [0.2, 0.25) is 0 Å². The van der Waals surface area contributed by atoms with Crippen molar-refractivity contribution in [3.05, 3.63) is 89.1 Å². The molecule has 0 spiro atoms. The van der Waals surface area contributed by atoms with E-state index in [1.165, 1.54) is 22.9 Å². The van der Waals surface area contributed by atoms with Gasteiger partial charge in [0.05, 0.1) is 0 Å². The molecule has 1 aromatic heterocycles. The minimum absolute atomic E-state index is 0.244. The molecule has 3 rings (SSSR count). The van der Waals surface area contributed by atoms with E-state index in [-0.39, 0.29) is 4.38 Å². The molecule has 0 saturated heterocycles. The monoisotopic (exact) mass is 508 g/mol. The number of aryl methyl sites for hydroxylation is 1. The number of hydrogen-bond acceptors (Lipinski definition) is 7. The Morgan fingerprint density at radius 3 is 2.57 bits per heavy atom. The molecular weight excluding hydrogens is 476 g/mol. The molecule has 1 aromatic carbocycles. The summed E-state index contributed by atoms with van der Waals surface area (Å²) in [6, 6.07) is 10.5. The fourth-order valence-electron chi connectivity index (χ4n) is 3.44. The number of aromatic nitrogens is 2. The van der Waals surface area contributed by atoms with Crippen LogP contribution in [-0.2, 0) is 11.2 Å². The average molecular weight is 509 g/mol. The first-order valence-corrected chi connectivity index (χ1v) is 13.3. The van der Waals surface area contributed by atoms with Gasteiger partial charge in [0.1, 0.15) is 9.12 Å². The number of rotatable bonds is 10. The second-order valence-electron chi connectivity index (χ2n) is 8.71. The highest BCUT2D eigenvalue weighted by molar-refractivity contribution is 8.40. The quantitative estimate of drug-likeness (QED) is 0.288. The number of carboxylic acid groups (broad SMARTS) is 1. The number of allylic oxidation sites excluding steroid dienone is 2. The van der Waals surface area contributed by atoms with E-state index in [2.05, 4.69) is 64.3 Å². The van der Waals surface area contributed by atoms with Crippen LogP contribution in [0.4, 0.5) is 5.95 Å². The third-order valence-corrected chi connectivity index (χ3v) is 7.57. The number of carboxylic acids is 1. The van der Waals surface area contributed by atoms with Crippen molar-refractivity contribution in [3.63, 3.8) is 0 Å². The van der Waals surface area contributed by atoms with Gasteiger partial charge in [0.25, 0.3) is 0 Å². The van der Waals surface area contributed by atoms with Crippen molar-refractivity contribution in [1.29, 1.82) is 5.41 Å². The summed E-state index contributed by atoms with van der Waals surface area (Å²) >= 11 is 2.25. The van der Waals surface area contributed by atoms with Crippen LogP contribution in [0, 0.1) is 5.41 Å². The lowest BCUT2D eigenvalue weighted by molar-refractivity contribution is -0.138. The zero-order chi connectivity index (χ0) is 25.3. The van der Waals surface area contributed by atoms with E-state index < -0.39 is 10.7 Å². The summed E-state index contributed by atoms with van der Waals surface area (Å²) in [4.78, 5) is 22.5. The highest BCUT2D eigenvalue weighted by atomic mass is 32.2. The van der Waals surface area contributed by atoms with Gasteiger partial charge in [-0.05, 0) is 48.8 Å². The number of thioether (sulfide) groups is 2. The Kier molecular flexibility index (Phi) is 9.74. The lowest BCUT2D eigenvalue weighted by atomic mass is 9.90. The molecule has 1 aliphatic carbocycles. The van der Waals surface area contributed by atoms with Crippen molar-refractivity contribution in [3.8, 4) is 0 Å². The SMILES string of the molecule is CCc1cnc(N(C/C=C/SC(=N)SC(C)(C)C(=O)O)CC2=CCC(c3ccccc3)C=C2)nc1. The van der Waals surface area contributed by atoms with Gasteiger partial charge in [0, 0.05) is 31.4 Å². The minimum atomic E-state index is -1.03. The number of nitrogens with one attached hydrogen (secondary N) is 1. The molecule has 2 N–H and O–H groups in total. The van der Waals surface area contributed by atoms with Crippen LogP contribution in [0.5, 0.6) is 0 Å². The van der Waals surface area contributed by atoms with Crippen molar-refractivity contribution in [2.45, 2.75) is 44.3 Å². The molecule has 6 nitrogen and oxygen atoms in total. The summed E-state index contributed by atoms with van der Waals surface area (Å²) in [5.74, 6) is 0.120. The highest BCUT2D eigenvalue weighted by Crippen LogP contribution is 2.30. The Labute approximate surface area is 216 Å². The van der Waals surface area contributed by atoms with E-state index in [0.29, 0.717) is 25.0 Å². The normalized spacial score (nSPS) is 15.7. The fourth-order valence-corrected chi connectivity index (χ4v) is 5.28. The molecule has 0 fully saturated rings. The van der Waals surface area contributed by atoms with Gasteiger partial charge in [-0.2, -0.15) is 0 Å². The minimum Gasteiger partial charge on any atom is -0.480 e. The van der Waals surface area contributed by atoms with E-state index >= 15 is 0 Å². The second-order valence-corrected chi connectivity index (χ2v) is 11.5. The molecule has 0 radical (unpaired) electrons. The summed E-state index contributed by atoms with van der Waals surface area (Å²) in [5, 5.41) is 19.2. The Hall–Kier alpha value is -2.84. The molecule has 1 aliphatic rings. The van der Waals surface area contributed by atoms with Crippen LogP contribution in [0.25, 0.3) is 0 Å². The summed E-state index contributed by atoms with van der Waals surface area (Å²) < 4.78 is -0.787. The molecule has 1 unspecified atom stereocenters. The van der Waals surface area contributed by atoms with Crippen LogP contribution in [0.1, 0.15) is 44.2 Å². The van der Waals surface area contributed by atoms with Gasteiger partial charge < -0.3 is 10.0 Å². The van der Waals surface area contributed by atoms with Crippen molar-refractivity contribution in [2.24, 2.45) is 0 Å². The molecule has 0 bridgehead atoms. The van der Waals surface area contributed by atoms with Crippen molar-refractivity contribution in [1.82, 2.24) is 9.97 Å². The molecule has 184 valence electrons. The summed E-state index contributed by atoms with van der Waals surface area (Å²) in [6.45, 7) is 6.54. The van der Waals surface area contributed by atoms with Gasteiger partial charge >= 0.3 is 5.97 Å². The predicted molar refractivity (Wildman–Crippen MR) is 148 cm³/mol. The van der Waals surface area contributed by atoms with E-state index in [9.17, 15) is 9.90 Å². The molecule has 2 aromatic rings. The zero-order valence-electron chi connectivity index (χ0n) is 20.3. The van der Waals surface area contributed by atoms with Gasteiger partial charge in [-0.25, -0.2) is 9.97 Å². The third-order valence-electron chi connectivity index (χ3n) is 5.62. The van der Waals surface area contributed by atoms with Gasteiger partial charge in [-0.15, -0.1) is 0 Å². The molecule has 0 amide bonds. The molecule has 1 atom stereocenters. The molecule has 0 saturated carbocycles. The molecule has 35 heavy (non-hydrogen) atoms. The number of anilines is 1. The maximum absolute atomic E-state index is 11.3. The smallest absolute Gasteiger partial charge is 0.319 e. The van der Waals surface area contributed by atoms with Crippen LogP contribution in [0.3, 0.4) is 0 Å². The average Bonchev–Trinajstić information content (AvgIpc) is 2.86. The van der Waals surface area contributed by atoms with Crippen LogP contribution < -0.4 is 4.90 Å². The van der Waals surface area contributed by atoms with Gasteiger partial charge in [0.2, 0.25) is 5.95 Å². The lowest BCUT2D eigenvalue weighted by Gasteiger charge is -2.24. The summed E-state index contributed by atoms with van der Waals surface area (Å²) in [5.41, 5.74) is 3.63. The zero-order valence-corrected chi connectivity index (χ0v) is 22.0. The summed E-state index contributed by atoms with van der Waals surface area (Å²) in [6.07, 6.45) is 14.3. The number of aliphatic carboxylic acids is 1. The maximum Gasteiger partial charge on any atom is 0.319 e. The first kappa shape index (κ1) is 26.8. The first-order chi connectivity index (χ1) is 16.8. The fraction of sp³-hybridized carbons (Fsp3) is 0.333. The van der Waals surface area contributed by atoms with E-state index in [1.807, 2.05) is 29.9 Å². The Morgan fingerprint density at radius 1 is 1.26 bits per heavy atom. The molecular formula is C27H32N4O2S2. The molecule has 8 heteroatoms. The van der Waals surface area contributed by atoms with Crippen molar-refractivity contribution in [2.75, 3.05) is 18.0 Å². The predicted octanol–water partition coefficient (Wildman–Crippen LogP) is 6.29. The number of hydrogen-bond donors (Lipinski definition) is 2. The first-order valence-electron chi connectivity index (χ1n) is 11.6. The van der Waals surface area contributed by atoms with Gasteiger partial charge in [-0.1, -0.05) is 85.1 Å².